The molecule has 170 valence electrons. The lowest BCUT2D eigenvalue weighted by atomic mass is 9.91. The van der Waals surface area contributed by atoms with E-state index < -0.39 is 11.3 Å². The SMILES string of the molecule is CCNC(N[C@H]1CCc2sc(NC(=O)C3CC3)c(C(=O)NCC3CC3)c2C1)N[N+](=O)[O-]. The molecule has 0 saturated heterocycles. The minimum Gasteiger partial charge on any atom is -0.352 e. The van der Waals surface area contributed by atoms with Gasteiger partial charge in [0.1, 0.15) is 5.00 Å². The molecule has 0 radical (unpaired) electrons. The van der Waals surface area contributed by atoms with Crippen molar-refractivity contribution >= 4 is 28.2 Å². The predicted octanol–water partition coefficient (Wildman–Crippen LogP) is 1.36. The molecule has 0 aliphatic heterocycles. The van der Waals surface area contributed by atoms with Crippen LogP contribution >= 0.6 is 11.3 Å². The molecule has 2 saturated carbocycles. The molecule has 3 aliphatic rings. The van der Waals surface area contributed by atoms with E-state index in [1.54, 1.807) is 0 Å². The molecule has 10 nitrogen and oxygen atoms in total. The van der Waals surface area contributed by atoms with Crippen LogP contribution in [0.1, 0.15) is 59.8 Å². The number of nitro groups is 1. The van der Waals surface area contributed by atoms with Crippen molar-refractivity contribution in [1.29, 1.82) is 0 Å². The van der Waals surface area contributed by atoms with Gasteiger partial charge in [-0.2, -0.15) is 0 Å². The predicted molar refractivity (Wildman–Crippen MR) is 117 cm³/mol. The quantitative estimate of drug-likeness (QED) is 0.195. The zero-order valence-corrected chi connectivity index (χ0v) is 18.5. The molecule has 5 N–H and O–H groups in total. The molecule has 2 amide bonds. The van der Waals surface area contributed by atoms with Crippen molar-refractivity contribution < 1.29 is 14.6 Å². The number of amides is 2. The first-order valence-electron chi connectivity index (χ1n) is 11.1. The van der Waals surface area contributed by atoms with Crippen molar-refractivity contribution in [2.24, 2.45) is 11.8 Å². The summed E-state index contributed by atoms with van der Waals surface area (Å²) in [6, 6.07) is -0.0273. The van der Waals surface area contributed by atoms with Crippen molar-refractivity contribution in [1.82, 2.24) is 21.4 Å². The van der Waals surface area contributed by atoms with Crippen LogP contribution in [0.2, 0.25) is 0 Å². The van der Waals surface area contributed by atoms with Crippen molar-refractivity contribution in [3.63, 3.8) is 0 Å². The van der Waals surface area contributed by atoms with Gasteiger partial charge in [0.15, 0.2) is 11.3 Å². The standard InChI is InChI=1S/C20H30N6O4S/c1-2-21-20(25-26(29)30)23-13-7-8-15-14(9-13)16(18(28)22-10-11-3-4-11)19(31-15)24-17(27)12-5-6-12/h11-13,20-21,23,25H,2-10H2,1H3,(H,22,28)(H,24,27)/t13-,20?/m0/s1. The fraction of sp³-hybridized carbons (Fsp3) is 0.700. The highest BCUT2D eigenvalue weighted by Gasteiger charge is 2.34. The molecule has 1 aromatic rings. The van der Waals surface area contributed by atoms with Crippen molar-refractivity contribution in [3.05, 3.63) is 26.1 Å². The van der Waals surface area contributed by atoms with E-state index in [0.29, 0.717) is 36.0 Å². The molecule has 0 spiro atoms. The lowest BCUT2D eigenvalue weighted by Crippen LogP contribution is -2.58. The van der Waals surface area contributed by atoms with Gasteiger partial charge in [-0.1, -0.05) is 6.92 Å². The molecular formula is C20H30N6O4S. The summed E-state index contributed by atoms with van der Waals surface area (Å²) in [5.74, 6) is 0.478. The third-order valence-electron chi connectivity index (χ3n) is 5.97. The van der Waals surface area contributed by atoms with Crippen LogP contribution in [0, 0.1) is 22.0 Å². The molecule has 2 fully saturated rings. The zero-order valence-electron chi connectivity index (χ0n) is 17.7. The van der Waals surface area contributed by atoms with E-state index >= 15 is 0 Å². The Morgan fingerprint density at radius 1 is 1.23 bits per heavy atom. The third-order valence-corrected chi connectivity index (χ3v) is 7.17. The smallest absolute Gasteiger partial charge is 0.254 e. The first-order valence-corrected chi connectivity index (χ1v) is 11.9. The first-order chi connectivity index (χ1) is 14.9. The maximum atomic E-state index is 13.1. The Morgan fingerprint density at radius 3 is 2.65 bits per heavy atom. The fourth-order valence-corrected chi connectivity index (χ4v) is 5.19. The number of anilines is 1. The van der Waals surface area contributed by atoms with E-state index in [1.165, 1.54) is 11.3 Å². The van der Waals surface area contributed by atoms with Crippen LogP contribution in [-0.2, 0) is 17.6 Å². The Labute approximate surface area is 185 Å². The van der Waals surface area contributed by atoms with Gasteiger partial charge in [0.05, 0.1) is 5.56 Å². The molecule has 11 heteroatoms. The maximum absolute atomic E-state index is 13.1. The molecule has 1 unspecified atom stereocenters. The molecule has 1 aromatic heterocycles. The summed E-state index contributed by atoms with van der Waals surface area (Å²) in [4.78, 5) is 37.5. The lowest BCUT2D eigenvalue weighted by Gasteiger charge is -2.27. The number of carbonyl (C=O) groups excluding carboxylic acids is 2. The minimum atomic E-state index is -0.661. The van der Waals surface area contributed by atoms with E-state index in [4.69, 9.17) is 0 Å². The Morgan fingerprint density at radius 2 is 2.00 bits per heavy atom. The summed E-state index contributed by atoms with van der Waals surface area (Å²) in [5, 5.41) is 23.3. The maximum Gasteiger partial charge on any atom is 0.254 e. The number of rotatable bonds is 11. The Kier molecular flexibility index (Phi) is 6.73. The molecule has 1 heterocycles. The molecule has 0 aromatic carbocycles. The number of nitrogens with one attached hydrogen (secondary N) is 5. The van der Waals surface area contributed by atoms with Crippen LogP contribution in [0.4, 0.5) is 5.00 Å². The van der Waals surface area contributed by atoms with E-state index in [0.717, 1.165) is 49.0 Å². The number of aryl methyl sites for hydroxylation is 1. The van der Waals surface area contributed by atoms with E-state index in [9.17, 15) is 19.7 Å². The Bertz CT molecular complexity index is 851. The monoisotopic (exact) mass is 450 g/mol. The van der Waals surface area contributed by atoms with Crippen LogP contribution in [0.5, 0.6) is 0 Å². The van der Waals surface area contributed by atoms with Gasteiger partial charge in [-0.05, 0) is 63.0 Å². The molecule has 3 aliphatic carbocycles. The van der Waals surface area contributed by atoms with Gasteiger partial charge in [-0.3, -0.25) is 20.2 Å². The second kappa shape index (κ2) is 9.49. The van der Waals surface area contributed by atoms with Gasteiger partial charge in [0.25, 0.3) is 5.91 Å². The second-order valence-electron chi connectivity index (χ2n) is 8.61. The summed E-state index contributed by atoms with van der Waals surface area (Å²) < 4.78 is 0. The Balaban J connectivity index is 1.51. The summed E-state index contributed by atoms with van der Waals surface area (Å²) in [6.45, 7) is 3.11. The summed E-state index contributed by atoms with van der Waals surface area (Å²) in [7, 11) is 0. The number of hydrogen-bond acceptors (Lipinski definition) is 7. The highest BCUT2D eigenvalue weighted by molar-refractivity contribution is 7.17. The van der Waals surface area contributed by atoms with Crippen LogP contribution in [0.15, 0.2) is 0 Å². The van der Waals surface area contributed by atoms with E-state index in [2.05, 4.69) is 26.7 Å². The van der Waals surface area contributed by atoms with E-state index in [-0.39, 0.29) is 23.8 Å². The second-order valence-corrected chi connectivity index (χ2v) is 9.71. The number of hydrogen-bond donors (Lipinski definition) is 5. The molecule has 2 atom stereocenters. The molecular weight excluding hydrogens is 420 g/mol. The summed E-state index contributed by atoms with van der Waals surface area (Å²) in [6.07, 6.45) is 5.58. The summed E-state index contributed by atoms with van der Waals surface area (Å²) in [5.41, 5.74) is 3.77. The number of hydrazine groups is 1. The fourth-order valence-electron chi connectivity index (χ4n) is 3.95. The largest absolute Gasteiger partial charge is 0.352 e. The van der Waals surface area contributed by atoms with Crippen molar-refractivity contribution in [3.8, 4) is 0 Å². The highest BCUT2D eigenvalue weighted by atomic mass is 32.1. The van der Waals surface area contributed by atoms with E-state index in [1.807, 2.05) is 6.92 Å². The molecule has 4 rings (SSSR count). The van der Waals surface area contributed by atoms with Crippen LogP contribution < -0.4 is 26.7 Å². The van der Waals surface area contributed by atoms with Crippen LogP contribution in [-0.4, -0.2) is 42.3 Å². The summed E-state index contributed by atoms with van der Waals surface area (Å²) >= 11 is 1.50. The van der Waals surface area contributed by atoms with Gasteiger partial charge < -0.3 is 10.6 Å². The average Bonchev–Trinajstić information content (AvgIpc) is 3.62. The minimum absolute atomic E-state index is 0.00749. The normalized spacial score (nSPS) is 21.1. The Hall–Kier alpha value is -2.24. The van der Waals surface area contributed by atoms with Crippen molar-refractivity contribution in [2.45, 2.75) is 64.2 Å². The highest BCUT2D eigenvalue weighted by Crippen LogP contribution is 2.40. The number of nitrogens with zero attached hydrogens (tertiary/aromatic N) is 1. The molecule has 31 heavy (non-hydrogen) atoms. The number of carbonyl (C=O) groups is 2. The third kappa shape index (κ3) is 5.72. The van der Waals surface area contributed by atoms with Crippen molar-refractivity contribution in [2.75, 3.05) is 18.4 Å². The van der Waals surface area contributed by atoms with Gasteiger partial charge in [-0.15, -0.1) is 16.8 Å². The van der Waals surface area contributed by atoms with Crippen LogP contribution in [0.25, 0.3) is 0 Å². The number of thiophene rings is 1. The average molecular weight is 451 g/mol. The number of fused-ring (bicyclic) bond motifs is 1. The lowest BCUT2D eigenvalue weighted by molar-refractivity contribution is -0.553. The van der Waals surface area contributed by atoms with Gasteiger partial charge >= 0.3 is 0 Å². The first kappa shape index (κ1) is 22.0. The topological polar surface area (TPSA) is 137 Å². The van der Waals surface area contributed by atoms with Gasteiger partial charge in [0.2, 0.25) is 5.91 Å². The zero-order chi connectivity index (χ0) is 22.0. The van der Waals surface area contributed by atoms with Gasteiger partial charge in [-0.25, -0.2) is 10.1 Å². The van der Waals surface area contributed by atoms with Gasteiger partial charge in [0, 0.05) is 23.4 Å². The van der Waals surface area contributed by atoms with Crippen LogP contribution in [0.3, 0.4) is 0 Å². The molecule has 0 bridgehead atoms.